The Kier molecular flexibility index (Phi) is 4.54. The normalized spacial score (nSPS) is 12.4. The standard InChI is InChI=1S/C14H20N6O/c1-9(12-17-14(15)19-18-12)16-13(21)11-6-4-5-10(7-11)8-20(2)3/h4-7,9H,8H2,1-3H3,(H,16,21)(H3,15,17,18,19)/t9-/m1/s1. The van der Waals surface area contributed by atoms with E-state index in [-0.39, 0.29) is 17.9 Å². The van der Waals surface area contributed by atoms with Gasteiger partial charge in [-0.3, -0.25) is 9.89 Å². The lowest BCUT2D eigenvalue weighted by atomic mass is 10.1. The summed E-state index contributed by atoms with van der Waals surface area (Å²) in [5.41, 5.74) is 7.16. The Labute approximate surface area is 123 Å². The monoisotopic (exact) mass is 288 g/mol. The molecular formula is C14H20N6O. The van der Waals surface area contributed by atoms with Crippen LogP contribution in [0.5, 0.6) is 0 Å². The van der Waals surface area contributed by atoms with Gasteiger partial charge in [0.15, 0.2) is 0 Å². The van der Waals surface area contributed by atoms with E-state index in [0.29, 0.717) is 11.4 Å². The van der Waals surface area contributed by atoms with Crippen molar-refractivity contribution in [3.05, 3.63) is 41.2 Å². The molecule has 0 bridgehead atoms. The molecule has 0 aliphatic heterocycles. The Bertz CT molecular complexity index is 621. The Morgan fingerprint density at radius 1 is 1.48 bits per heavy atom. The van der Waals surface area contributed by atoms with Crippen LogP contribution in [0.2, 0.25) is 0 Å². The van der Waals surface area contributed by atoms with Crippen molar-refractivity contribution in [2.24, 2.45) is 0 Å². The summed E-state index contributed by atoms with van der Waals surface area (Å²) >= 11 is 0. The molecule has 0 fully saturated rings. The highest BCUT2D eigenvalue weighted by Crippen LogP contribution is 2.11. The average Bonchev–Trinajstić information content (AvgIpc) is 2.85. The number of nitrogens with one attached hydrogen (secondary N) is 2. The minimum absolute atomic E-state index is 0.155. The van der Waals surface area contributed by atoms with Gasteiger partial charge in [0.05, 0.1) is 6.04 Å². The molecule has 1 heterocycles. The van der Waals surface area contributed by atoms with E-state index in [1.807, 2.05) is 39.2 Å². The third-order valence-corrected chi connectivity index (χ3v) is 2.97. The number of nitrogen functional groups attached to an aromatic ring is 1. The first-order valence-electron chi connectivity index (χ1n) is 6.68. The van der Waals surface area contributed by atoms with Crippen LogP contribution >= 0.6 is 0 Å². The lowest BCUT2D eigenvalue weighted by molar-refractivity contribution is 0.0938. The number of hydrogen-bond donors (Lipinski definition) is 3. The predicted molar refractivity (Wildman–Crippen MR) is 80.5 cm³/mol. The van der Waals surface area contributed by atoms with Gasteiger partial charge < -0.3 is 16.0 Å². The van der Waals surface area contributed by atoms with Gasteiger partial charge in [0.1, 0.15) is 5.82 Å². The number of amides is 1. The van der Waals surface area contributed by atoms with Gasteiger partial charge in [0.2, 0.25) is 5.95 Å². The van der Waals surface area contributed by atoms with E-state index in [1.165, 1.54) is 0 Å². The summed E-state index contributed by atoms with van der Waals surface area (Å²) in [6.07, 6.45) is 0. The molecule has 0 aliphatic carbocycles. The fourth-order valence-corrected chi connectivity index (χ4v) is 2.01. The van der Waals surface area contributed by atoms with E-state index in [9.17, 15) is 4.79 Å². The molecule has 21 heavy (non-hydrogen) atoms. The van der Waals surface area contributed by atoms with Crippen LogP contribution < -0.4 is 11.1 Å². The Balaban J connectivity index is 2.06. The van der Waals surface area contributed by atoms with Gasteiger partial charge in [-0.05, 0) is 38.7 Å². The fourth-order valence-electron chi connectivity index (χ4n) is 2.01. The van der Waals surface area contributed by atoms with Gasteiger partial charge in [-0.25, -0.2) is 0 Å². The summed E-state index contributed by atoms with van der Waals surface area (Å²) in [7, 11) is 3.98. The fraction of sp³-hybridized carbons (Fsp3) is 0.357. The van der Waals surface area contributed by atoms with Gasteiger partial charge in [0.25, 0.3) is 5.91 Å². The maximum atomic E-state index is 12.3. The summed E-state index contributed by atoms with van der Waals surface area (Å²) in [6.45, 7) is 2.61. The maximum absolute atomic E-state index is 12.3. The SMILES string of the molecule is C[C@@H](NC(=O)c1cccc(CN(C)C)c1)c1nc(N)n[nH]1. The van der Waals surface area contributed by atoms with Crippen LogP contribution in [-0.2, 0) is 6.54 Å². The molecule has 2 rings (SSSR count). The number of hydrogen-bond acceptors (Lipinski definition) is 5. The predicted octanol–water partition coefficient (Wildman–Crippen LogP) is 0.939. The van der Waals surface area contributed by atoms with Gasteiger partial charge in [0, 0.05) is 12.1 Å². The third-order valence-electron chi connectivity index (χ3n) is 2.97. The van der Waals surface area contributed by atoms with Crippen molar-refractivity contribution in [1.82, 2.24) is 25.4 Å². The number of nitrogens with zero attached hydrogens (tertiary/aromatic N) is 3. The van der Waals surface area contributed by atoms with E-state index in [0.717, 1.165) is 12.1 Å². The van der Waals surface area contributed by atoms with E-state index in [1.54, 1.807) is 6.07 Å². The summed E-state index contributed by atoms with van der Waals surface area (Å²) in [5.74, 6) is 0.544. The third kappa shape index (κ3) is 4.03. The highest BCUT2D eigenvalue weighted by Gasteiger charge is 2.14. The molecule has 7 nitrogen and oxygen atoms in total. The van der Waals surface area contributed by atoms with Crippen molar-refractivity contribution in [1.29, 1.82) is 0 Å². The van der Waals surface area contributed by atoms with Crippen molar-refractivity contribution in [3.63, 3.8) is 0 Å². The van der Waals surface area contributed by atoms with Crippen LogP contribution in [0.15, 0.2) is 24.3 Å². The molecule has 112 valence electrons. The maximum Gasteiger partial charge on any atom is 0.251 e. The number of rotatable bonds is 5. The van der Waals surface area contributed by atoms with Crippen molar-refractivity contribution >= 4 is 11.9 Å². The van der Waals surface area contributed by atoms with Crippen LogP contribution in [0.25, 0.3) is 0 Å². The molecule has 7 heteroatoms. The van der Waals surface area contributed by atoms with Crippen molar-refractivity contribution < 1.29 is 4.79 Å². The first kappa shape index (κ1) is 15.0. The molecule has 0 saturated carbocycles. The zero-order chi connectivity index (χ0) is 15.4. The zero-order valence-corrected chi connectivity index (χ0v) is 12.4. The number of aromatic amines is 1. The minimum atomic E-state index is -0.292. The number of carbonyl (C=O) groups is 1. The smallest absolute Gasteiger partial charge is 0.251 e. The number of H-pyrrole nitrogens is 1. The highest BCUT2D eigenvalue weighted by molar-refractivity contribution is 5.94. The van der Waals surface area contributed by atoms with Crippen molar-refractivity contribution in [2.45, 2.75) is 19.5 Å². The van der Waals surface area contributed by atoms with Crippen LogP contribution in [0.1, 0.15) is 34.7 Å². The molecule has 1 aromatic heterocycles. The lowest BCUT2D eigenvalue weighted by Crippen LogP contribution is -2.27. The average molecular weight is 288 g/mol. The second kappa shape index (κ2) is 6.36. The molecule has 4 N–H and O–H groups in total. The van der Waals surface area contributed by atoms with Gasteiger partial charge in [-0.2, -0.15) is 4.98 Å². The minimum Gasteiger partial charge on any atom is -0.367 e. The summed E-state index contributed by atoms with van der Waals surface area (Å²) < 4.78 is 0. The summed E-state index contributed by atoms with van der Waals surface area (Å²) in [4.78, 5) is 18.3. The molecule has 1 amide bonds. The molecule has 1 atom stereocenters. The Morgan fingerprint density at radius 3 is 2.86 bits per heavy atom. The Hall–Kier alpha value is -2.41. The topological polar surface area (TPSA) is 99.9 Å². The quantitative estimate of drug-likeness (QED) is 0.760. The molecular weight excluding hydrogens is 268 g/mol. The largest absolute Gasteiger partial charge is 0.367 e. The summed E-state index contributed by atoms with van der Waals surface area (Å²) in [6, 6.07) is 7.26. The van der Waals surface area contributed by atoms with Gasteiger partial charge >= 0.3 is 0 Å². The van der Waals surface area contributed by atoms with E-state index in [2.05, 4.69) is 25.4 Å². The second-order valence-corrected chi connectivity index (χ2v) is 5.21. The molecule has 0 spiro atoms. The number of anilines is 1. The lowest BCUT2D eigenvalue weighted by Gasteiger charge is -2.13. The molecule has 0 saturated heterocycles. The van der Waals surface area contributed by atoms with Crippen LogP contribution in [0.3, 0.4) is 0 Å². The van der Waals surface area contributed by atoms with Crippen LogP contribution in [0, 0.1) is 0 Å². The van der Waals surface area contributed by atoms with Crippen molar-refractivity contribution in [2.75, 3.05) is 19.8 Å². The van der Waals surface area contributed by atoms with Crippen molar-refractivity contribution in [3.8, 4) is 0 Å². The van der Waals surface area contributed by atoms with E-state index >= 15 is 0 Å². The van der Waals surface area contributed by atoms with Crippen LogP contribution in [0.4, 0.5) is 5.95 Å². The molecule has 2 aromatic rings. The highest BCUT2D eigenvalue weighted by atomic mass is 16.1. The zero-order valence-electron chi connectivity index (χ0n) is 12.4. The first-order valence-corrected chi connectivity index (χ1v) is 6.68. The van der Waals surface area contributed by atoms with Gasteiger partial charge in [-0.15, -0.1) is 5.10 Å². The number of benzene rings is 1. The van der Waals surface area contributed by atoms with Gasteiger partial charge in [-0.1, -0.05) is 12.1 Å². The number of nitrogens with two attached hydrogens (primary N) is 1. The summed E-state index contributed by atoms with van der Waals surface area (Å²) in [5, 5.41) is 9.31. The number of aromatic nitrogens is 3. The molecule has 1 aromatic carbocycles. The molecule has 0 aliphatic rings. The second-order valence-electron chi connectivity index (χ2n) is 5.21. The van der Waals surface area contributed by atoms with E-state index < -0.39 is 0 Å². The Morgan fingerprint density at radius 2 is 2.24 bits per heavy atom. The first-order chi connectivity index (χ1) is 9.95. The van der Waals surface area contributed by atoms with Crippen LogP contribution in [-0.4, -0.2) is 40.1 Å². The molecule has 0 radical (unpaired) electrons. The number of carbonyl (C=O) groups excluding carboxylic acids is 1. The van der Waals surface area contributed by atoms with E-state index in [4.69, 9.17) is 5.73 Å². The molecule has 0 unspecified atom stereocenters.